The quantitative estimate of drug-likeness (QED) is 0.881. The van der Waals surface area contributed by atoms with Gasteiger partial charge in [0.05, 0.1) is 5.92 Å². The lowest BCUT2D eigenvalue weighted by Crippen LogP contribution is -2.39. The predicted molar refractivity (Wildman–Crippen MR) is 66.1 cm³/mol. The van der Waals surface area contributed by atoms with E-state index in [9.17, 15) is 13.2 Å². The van der Waals surface area contributed by atoms with Gasteiger partial charge in [-0.15, -0.1) is 0 Å². The van der Waals surface area contributed by atoms with Gasteiger partial charge < -0.3 is 10.6 Å². The molecule has 0 amide bonds. The maximum absolute atomic E-state index is 12.6. The summed E-state index contributed by atoms with van der Waals surface area (Å²) >= 11 is 0. The molecule has 0 aliphatic rings. The first kappa shape index (κ1) is 15.0. The number of nitrogens with zero attached hydrogens (tertiary/aromatic N) is 1. The highest BCUT2D eigenvalue weighted by Crippen LogP contribution is 2.26. The van der Waals surface area contributed by atoms with E-state index in [1.54, 1.807) is 11.9 Å². The topological polar surface area (TPSA) is 29.3 Å². The van der Waals surface area contributed by atoms with Gasteiger partial charge in [-0.3, -0.25) is 0 Å². The molecule has 0 saturated heterocycles. The summed E-state index contributed by atoms with van der Waals surface area (Å²) in [5.74, 6) is -1.47. The fraction of sp³-hybridized carbons (Fsp3) is 0.538. The second-order valence-electron chi connectivity index (χ2n) is 4.60. The molecule has 0 heterocycles. The summed E-state index contributed by atoms with van der Waals surface area (Å²) in [5, 5.41) is 0. The smallest absolute Gasteiger partial charge is 0.330 e. The van der Waals surface area contributed by atoms with E-state index in [1.807, 2.05) is 31.2 Å². The number of rotatable bonds is 5. The largest absolute Gasteiger partial charge is 0.394 e. The van der Waals surface area contributed by atoms with Crippen molar-refractivity contribution < 1.29 is 13.2 Å². The first-order valence-corrected chi connectivity index (χ1v) is 5.84. The molecule has 0 aromatic heterocycles. The summed E-state index contributed by atoms with van der Waals surface area (Å²) < 4.78 is 37.8. The summed E-state index contributed by atoms with van der Waals surface area (Å²) in [6.45, 7) is 2.00. The Morgan fingerprint density at radius 3 is 2.39 bits per heavy atom. The molecule has 0 fully saturated rings. The number of hydrogen-bond donors (Lipinski definition) is 1. The van der Waals surface area contributed by atoms with Crippen LogP contribution in [0.25, 0.3) is 0 Å². The Hall–Kier alpha value is -1.07. The van der Waals surface area contributed by atoms with Gasteiger partial charge in [0, 0.05) is 19.6 Å². The van der Waals surface area contributed by atoms with Gasteiger partial charge in [-0.05, 0) is 25.1 Å². The van der Waals surface area contributed by atoms with E-state index in [1.165, 1.54) is 0 Å². The summed E-state index contributed by atoms with van der Waals surface area (Å²) in [6.07, 6.45) is -4.23. The Morgan fingerprint density at radius 2 is 1.89 bits per heavy atom. The highest BCUT2D eigenvalue weighted by atomic mass is 19.4. The second kappa shape index (κ2) is 6.20. The molecule has 0 aliphatic carbocycles. The Labute approximate surface area is 106 Å². The minimum Gasteiger partial charge on any atom is -0.330 e. The fourth-order valence-electron chi connectivity index (χ4n) is 1.83. The van der Waals surface area contributed by atoms with Crippen LogP contribution < -0.4 is 5.73 Å². The van der Waals surface area contributed by atoms with Crippen molar-refractivity contribution in [1.82, 2.24) is 4.90 Å². The normalized spacial score (nSPS) is 13.9. The average molecular weight is 260 g/mol. The molecular weight excluding hydrogens is 241 g/mol. The molecule has 18 heavy (non-hydrogen) atoms. The van der Waals surface area contributed by atoms with Crippen molar-refractivity contribution >= 4 is 0 Å². The van der Waals surface area contributed by atoms with Gasteiger partial charge in [0.1, 0.15) is 0 Å². The second-order valence-corrected chi connectivity index (χ2v) is 4.60. The molecule has 2 nitrogen and oxygen atoms in total. The molecule has 1 atom stereocenters. The minimum atomic E-state index is -4.23. The van der Waals surface area contributed by atoms with Gasteiger partial charge in [-0.25, -0.2) is 0 Å². The van der Waals surface area contributed by atoms with E-state index in [2.05, 4.69) is 0 Å². The highest BCUT2D eigenvalue weighted by Gasteiger charge is 2.38. The first-order chi connectivity index (χ1) is 8.34. The van der Waals surface area contributed by atoms with E-state index in [0.717, 1.165) is 11.1 Å². The van der Waals surface area contributed by atoms with Gasteiger partial charge in [0.15, 0.2) is 0 Å². The molecule has 0 aliphatic heterocycles. The average Bonchev–Trinajstić information content (AvgIpc) is 2.27. The van der Waals surface area contributed by atoms with Gasteiger partial charge in [0.2, 0.25) is 0 Å². The Morgan fingerprint density at radius 1 is 1.28 bits per heavy atom. The number of hydrogen-bond acceptors (Lipinski definition) is 2. The van der Waals surface area contributed by atoms with Crippen LogP contribution in [0.3, 0.4) is 0 Å². The standard InChI is InChI=1S/C13H19F3N2/c1-10-5-3-4-6-11(10)8-18(2)9-12(7-17)13(14,15)16/h3-6,12H,7-9,17H2,1-2H3. The fourth-order valence-corrected chi connectivity index (χ4v) is 1.83. The lowest BCUT2D eigenvalue weighted by Gasteiger charge is -2.25. The van der Waals surface area contributed by atoms with Crippen molar-refractivity contribution in [1.29, 1.82) is 0 Å². The number of alkyl halides is 3. The molecule has 0 saturated carbocycles. The SMILES string of the molecule is Cc1ccccc1CN(C)CC(CN)C(F)(F)F. The van der Waals surface area contributed by atoms with E-state index >= 15 is 0 Å². The molecule has 1 unspecified atom stereocenters. The third-order valence-electron chi connectivity index (χ3n) is 2.98. The summed E-state index contributed by atoms with van der Waals surface area (Å²) in [5.41, 5.74) is 7.31. The maximum Gasteiger partial charge on any atom is 0.394 e. The summed E-state index contributed by atoms with van der Waals surface area (Å²) in [4.78, 5) is 1.66. The zero-order valence-corrected chi connectivity index (χ0v) is 10.7. The van der Waals surface area contributed by atoms with Crippen molar-refractivity contribution in [3.63, 3.8) is 0 Å². The first-order valence-electron chi connectivity index (χ1n) is 5.84. The van der Waals surface area contributed by atoms with Crippen LogP contribution in [0.1, 0.15) is 11.1 Å². The molecule has 0 radical (unpaired) electrons. The zero-order valence-electron chi connectivity index (χ0n) is 10.7. The van der Waals surface area contributed by atoms with E-state index < -0.39 is 12.1 Å². The van der Waals surface area contributed by atoms with Crippen LogP contribution >= 0.6 is 0 Å². The van der Waals surface area contributed by atoms with Crippen LogP contribution in [0.15, 0.2) is 24.3 Å². The molecule has 5 heteroatoms. The van der Waals surface area contributed by atoms with Crippen molar-refractivity contribution in [2.75, 3.05) is 20.1 Å². The number of nitrogens with two attached hydrogens (primary N) is 1. The van der Waals surface area contributed by atoms with Crippen molar-refractivity contribution in [3.05, 3.63) is 35.4 Å². The van der Waals surface area contributed by atoms with Crippen LogP contribution in [-0.4, -0.2) is 31.2 Å². The van der Waals surface area contributed by atoms with Gasteiger partial charge >= 0.3 is 6.18 Å². The third kappa shape index (κ3) is 4.31. The Kier molecular flexibility index (Phi) is 5.16. The molecule has 0 bridgehead atoms. The van der Waals surface area contributed by atoms with E-state index in [4.69, 9.17) is 5.73 Å². The third-order valence-corrected chi connectivity index (χ3v) is 2.98. The molecule has 2 N–H and O–H groups in total. The van der Waals surface area contributed by atoms with Crippen LogP contribution in [-0.2, 0) is 6.54 Å². The van der Waals surface area contributed by atoms with Crippen molar-refractivity contribution in [2.45, 2.75) is 19.6 Å². The van der Waals surface area contributed by atoms with Crippen LogP contribution in [0, 0.1) is 12.8 Å². The molecule has 1 aromatic carbocycles. The summed E-state index contributed by atoms with van der Waals surface area (Å²) in [6, 6.07) is 7.68. The van der Waals surface area contributed by atoms with Crippen LogP contribution in [0.4, 0.5) is 13.2 Å². The number of benzene rings is 1. The lowest BCUT2D eigenvalue weighted by atomic mass is 10.1. The monoisotopic (exact) mass is 260 g/mol. The molecular formula is C13H19F3N2. The van der Waals surface area contributed by atoms with Crippen molar-refractivity contribution in [2.24, 2.45) is 11.7 Å². The van der Waals surface area contributed by atoms with Crippen LogP contribution in [0.5, 0.6) is 0 Å². The van der Waals surface area contributed by atoms with Gasteiger partial charge in [0.25, 0.3) is 0 Å². The molecule has 1 rings (SSSR count). The van der Waals surface area contributed by atoms with Gasteiger partial charge in [-0.1, -0.05) is 24.3 Å². The molecule has 102 valence electrons. The van der Waals surface area contributed by atoms with E-state index in [0.29, 0.717) is 6.54 Å². The lowest BCUT2D eigenvalue weighted by molar-refractivity contribution is -0.175. The molecule has 1 aromatic rings. The maximum atomic E-state index is 12.6. The molecule has 0 spiro atoms. The number of halogens is 3. The summed E-state index contributed by atoms with van der Waals surface area (Å²) in [7, 11) is 1.68. The zero-order chi connectivity index (χ0) is 13.8. The Bertz CT molecular complexity index is 377. The van der Waals surface area contributed by atoms with Crippen molar-refractivity contribution in [3.8, 4) is 0 Å². The van der Waals surface area contributed by atoms with E-state index in [-0.39, 0.29) is 13.1 Å². The van der Waals surface area contributed by atoms with Crippen LogP contribution in [0.2, 0.25) is 0 Å². The van der Waals surface area contributed by atoms with Gasteiger partial charge in [-0.2, -0.15) is 13.2 Å². The minimum absolute atomic E-state index is 0.0751. The highest BCUT2D eigenvalue weighted by molar-refractivity contribution is 5.25. The Balaban J connectivity index is 2.61. The number of aryl methyl sites for hydroxylation is 1. The predicted octanol–water partition coefficient (Wildman–Crippen LogP) is 2.56.